The Labute approximate surface area is 147 Å². The third-order valence-corrected chi connectivity index (χ3v) is 3.41. The summed E-state index contributed by atoms with van der Waals surface area (Å²) >= 11 is 0. The molecule has 0 bridgehead atoms. The van der Waals surface area contributed by atoms with E-state index < -0.39 is 24.0 Å². The molecule has 25 heavy (non-hydrogen) atoms. The molecule has 0 radical (unpaired) electrons. The van der Waals surface area contributed by atoms with Crippen LogP contribution in [-0.2, 0) is 27.2 Å². The minimum Gasteiger partial charge on any atom is -0.446 e. The first-order valence-electron chi connectivity index (χ1n) is 8.11. The van der Waals surface area contributed by atoms with Crippen molar-refractivity contribution in [3.63, 3.8) is 0 Å². The number of nitrogens with zero attached hydrogens (tertiary/aromatic N) is 1. The largest absolute Gasteiger partial charge is 0.446 e. The molecular formula is C20H21NO4. The van der Waals surface area contributed by atoms with Gasteiger partial charge in [0.1, 0.15) is 0 Å². The maximum absolute atomic E-state index is 12.6. The molecule has 0 aliphatic heterocycles. The van der Waals surface area contributed by atoms with Crippen molar-refractivity contribution in [1.29, 1.82) is 0 Å². The maximum Gasteiger partial charge on any atom is 0.423 e. The van der Waals surface area contributed by atoms with Gasteiger partial charge in [-0.1, -0.05) is 60.7 Å². The molecule has 0 aliphatic carbocycles. The predicted molar refractivity (Wildman–Crippen MR) is 93.8 cm³/mol. The summed E-state index contributed by atoms with van der Waals surface area (Å²) in [6.45, 7) is 3.33. The van der Waals surface area contributed by atoms with E-state index in [0.717, 1.165) is 11.1 Å². The number of imide groups is 3. The number of rotatable bonds is 5. The van der Waals surface area contributed by atoms with Crippen LogP contribution in [0.15, 0.2) is 60.7 Å². The van der Waals surface area contributed by atoms with Crippen LogP contribution in [-0.4, -0.2) is 28.9 Å². The molecular weight excluding hydrogens is 318 g/mol. The van der Waals surface area contributed by atoms with Crippen LogP contribution in [0.5, 0.6) is 0 Å². The van der Waals surface area contributed by atoms with Crippen molar-refractivity contribution in [2.45, 2.75) is 32.8 Å². The highest BCUT2D eigenvalue weighted by Gasteiger charge is 2.30. The molecule has 0 heterocycles. The molecule has 0 N–H and O–H groups in total. The molecule has 2 aromatic carbocycles. The van der Waals surface area contributed by atoms with Crippen LogP contribution < -0.4 is 0 Å². The molecule has 0 unspecified atom stereocenters. The van der Waals surface area contributed by atoms with Gasteiger partial charge in [-0.15, -0.1) is 0 Å². The minimum absolute atomic E-state index is 0.0471. The quantitative estimate of drug-likeness (QED) is 0.838. The summed E-state index contributed by atoms with van der Waals surface area (Å²) in [5, 5.41) is 0. The second-order valence-electron chi connectivity index (χ2n) is 5.88. The number of benzene rings is 2. The van der Waals surface area contributed by atoms with Gasteiger partial charge >= 0.3 is 6.09 Å². The van der Waals surface area contributed by atoms with Crippen molar-refractivity contribution in [3.05, 3.63) is 71.8 Å². The highest BCUT2D eigenvalue weighted by atomic mass is 16.6. The van der Waals surface area contributed by atoms with Crippen LogP contribution in [0, 0.1) is 0 Å². The number of hydrogen-bond donors (Lipinski definition) is 0. The van der Waals surface area contributed by atoms with Gasteiger partial charge in [0.2, 0.25) is 11.8 Å². The summed E-state index contributed by atoms with van der Waals surface area (Å²) in [4.78, 5) is 38.0. The van der Waals surface area contributed by atoms with Gasteiger partial charge in [0, 0.05) is 0 Å². The zero-order chi connectivity index (χ0) is 18.2. The Bertz CT molecular complexity index is 672. The van der Waals surface area contributed by atoms with Gasteiger partial charge in [-0.25, -0.2) is 4.79 Å². The summed E-state index contributed by atoms with van der Waals surface area (Å²) in [6.07, 6.45) is -1.45. The first-order valence-corrected chi connectivity index (χ1v) is 8.11. The van der Waals surface area contributed by atoms with Crippen molar-refractivity contribution in [2.75, 3.05) is 0 Å². The SMILES string of the molecule is CC(C)OC(=O)N(C(=O)Cc1ccccc1)C(=O)Cc1ccccc1. The molecule has 0 aliphatic rings. The van der Waals surface area contributed by atoms with Crippen LogP contribution >= 0.6 is 0 Å². The lowest BCUT2D eigenvalue weighted by molar-refractivity contribution is -0.141. The van der Waals surface area contributed by atoms with Gasteiger partial charge in [0.15, 0.2) is 0 Å². The molecule has 5 nitrogen and oxygen atoms in total. The molecule has 3 amide bonds. The third kappa shape index (κ3) is 5.57. The van der Waals surface area contributed by atoms with Crippen molar-refractivity contribution >= 4 is 17.9 Å². The van der Waals surface area contributed by atoms with Crippen molar-refractivity contribution in [3.8, 4) is 0 Å². The van der Waals surface area contributed by atoms with Gasteiger partial charge in [0.05, 0.1) is 18.9 Å². The molecule has 0 fully saturated rings. The Morgan fingerprint density at radius 3 is 1.56 bits per heavy atom. The fraction of sp³-hybridized carbons (Fsp3) is 0.250. The van der Waals surface area contributed by atoms with E-state index in [9.17, 15) is 14.4 Å². The van der Waals surface area contributed by atoms with E-state index in [1.54, 1.807) is 62.4 Å². The molecule has 130 valence electrons. The Hall–Kier alpha value is -2.95. The summed E-state index contributed by atoms with van der Waals surface area (Å²) in [6, 6.07) is 17.9. The van der Waals surface area contributed by atoms with Crippen molar-refractivity contribution < 1.29 is 19.1 Å². The van der Waals surface area contributed by atoms with E-state index >= 15 is 0 Å². The Morgan fingerprint density at radius 1 is 0.800 bits per heavy atom. The van der Waals surface area contributed by atoms with Gasteiger partial charge in [-0.3, -0.25) is 9.59 Å². The molecule has 0 atom stereocenters. The summed E-state index contributed by atoms with van der Waals surface area (Å²) in [5.74, 6) is -1.20. The molecule has 0 aromatic heterocycles. The molecule has 0 saturated carbocycles. The van der Waals surface area contributed by atoms with Crippen LogP contribution in [0.4, 0.5) is 4.79 Å². The second-order valence-corrected chi connectivity index (χ2v) is 5.88. The number of ether oxygens (including phenoxy) is 1. The lowest BCUT2D eigenvalue weighted by Gasteiger charge is -2.20. The predicted octanol–water partition coefficient (Wildman–Crippen LogP) is 3.37. The average Bonchev–Trinajstić information content (AvgIpc) is 2.56. The minimum atomic E-state index is -0.933. The summed E-state index contributed by atoms with van der Waals surface area (Å²) < 4.78 is 5.08. The van der Waals surface area contributed by atoms with Crippen LogP contribution in [0.2, 0.25) is 0 Å². The van der Waals surface area contributed by atoms with E-state index in [2.05, 4.69) is 0 Å². The molecule has 0 saturated heterocycles. The maximum atomic E-state index is 12.6. The van der Waals surface area contributed by atoms with Gasteiger partial charge in [-0.2, -0.15) is 4.90 Å². The molecule has 0 spiro atoms. The van der Waals surface area contributed by atoms with Crippen LogP contribution in [0.1, 0.15) is 25.0 Å². The monoisotopic (exact) mass is 339 g/mol. The van der Waals surface area contributed by atoms with E-state index in [-0.39, 0.29) is 12.8 Å². The number of hydrogen-bond acceptors (Lipinski definition) is 4. The number of carbonyl (C=O) groups is 3. The van der Waals surface area contributed by atoms with Crippen molar-refractivity contribution in [2.24, 2.45) is 0 Å². The summed E-state index contributed by atoms with van der Waals surface area (Å²) in [5.41, 5.74) is 1.45. The number of carbonyl (C=O) groups excluding carboxylic acids is 3. The number of amides is 3. The lowest BCUT2D eigenvalue weighted by atomic mass is 10.1. The van der Waals surface area contributed by atoms with Gasteiger partial charge in [-0.05, 0) is 25.0 Å². The smallest absolute Gasteiger partial charge is 0.423 e. The van der Waals surface area contributed by atoms with E-state index in [0.29, 0.717) is 4.90 Å². The average molecular weight is 339 g/mol. The van der Waals surface area contributed by atoms with Gasteiger partial charge < -0.3 is 4.74 Å². The first-order chi connectivity index (χ1) is 12.0. The van der Waals surface area contributed by atoms with Crippen LogP contribution in [0.25, 0.3) is 0 Å². The Balaban J connectivity index is 2.18. The van der Waals surface area contributed by atoms with E-state index in [1.165, 1.54) is 0 Å². The molecule has 2 aromatic rings. The lowest BCUT2D eigenvalue weighted by Crippen LogP contribution is -2.44. The zero-order valence-electron chi connectivity index (χ0n) is 14.3. The van der Waals surface area contributed by atoms with E-state index in [1.807, 2.05) is 12.1 Å². The standard InChI is InChI=1S/C20H21NO4/c1-15(2)25-20(24)21(18(22)13-16-9-5-3-6-10-16)19(23)14-17-11-7-4-8-12-17/h3-12,15H,13-14H2,1-2H3. The highest BCUT2D eigenvalue weighted by Crippen LogP contribution is 2.10. The molecule has 5 heteroatoms. The third-order valence-electron chi connectivity index (χ3n) is 3.41. The van der Waals surface area contributed by atoms with E-state index in [4.69, 9.17) is 4.74 Å². The fourth-order valence-electron chi connectivity index (χ4n) is 2.30. The first kappa shape index (κ1) is 18.4. The van der Waals surface area contributed by atoms with Gasteiger partial charge in [0.25, 0.3) is 0 Å². The Kier molecular flexibility index (Phi) is 6.46. The second kappa shape index (κ2) is 8.78. The summed E-state index contributed by atoms with van der Waals surface area (Å²) in [7, 11) is 0. The fourth-order valence-corrected chi connectivity index (χ4v) is 2.30. The van der Waals surface area contributed by atoms with Crippen molar-refractivity contribution in [1.82, 2.24) is 4.90 Å². The zero-order valence-corrected chi connectivity index (χ0v) is 14.3. The Morgan fingerprint density at radius 2 is 1.20 bits per heavy atom. The normalized spacial score (nSPS) is 10.4. The highest BCUT2D eigenvalue weighted by molar-refractivity contribution is 6.09. The van der Waals surface area contributed by atoms with Crippen LogP contribution in [0.3, 0.4) is 0 Å². The molecule has 2 rings (SSSR count). The topological polar surface area (TPSA) is 63.7 Å².